The van der Waals surface area contributed by atoms with E-state index in [-0.39, 0.29) is 6.61 Å². The van der Waals surface area contributed by atoms with Gasteiger partial charge in [-0.25, -0.2) is 0 Å². The van der Waals surface area contributed by atoms with Gasteiger partial charge in [-0.2, -0.15) is 5.10 Å². The summed E-state index contributed by atoms with van der Waals surface area (Å²) in [7, 11) is 4.70. The molecule has 0 heterocycles. The lowest BCUT2D eigenvalue weighted by Crippen LogP contribution is -2.11. The highest BCUT2D eigenvalue weighted by atomic mass is 16.5. The lowest BCUT2D eigenvalue weighted by atomic mass is 10.2. The summed E-state index contributed by atoms with van der Waals surface area (Å²) >= 11 is 0. The Kier molecular flexibility index (Phi) is 5.79. The summed E-state index contributed by atoms with van der Waals surface area (Å²) in [6, 6.07) is 3.49. The first-order valence-electron chi connectivity index (χ1n) is 5.43. The van der Waals surface area contributed by atoms with Crippen LogP contribution in [0.2, 0.25) is 0 Å². The average Bonchev–Trinajstić information content (AvgIpc) is 2.42. The van der Waals surface area contributed by atoms with Gasteiger partial charge in [0.25, 0.3) is 0 Å². The van der Waals surface area contributed by atoms with Crippen LogP contribution in [-0.2, 0) is 0 Å². The molecule has 0 atom stereocenters. The molecule has 1 aromatic rings. The summed E-state index contributed by atoms with van der Waals surface area (Å²) in [5.74, 6) is 1.82. The number of hydrogen-bond donors (Lipinski definition) is 2. The number of rotatable bonds is 7. The van der Waals surface area contributed by atoms with Crippen LogP contribution in [0.25, 0.3) is 0 Å². The van der Waals surface area contributed by atoms with Crippen LogP contribution in [-0.4, -0.2) is 45.8 Å². The van der Waals surface area contributed by atoms with E-state index in [1.165, 1.54) is 0 Å². The van der Waals surface area contributed by atoms with Gasteiger partial charge in [0.1, 0.15) is 5.75 Å². The van der Waals surface area contributed by atoms with Gasteiger partial charge in [-0.05, 0) is 6.07 Å². The molecule has 0 unspecified atom stereocenters. The standard InChI is InChI=1S/C12H18N2O4/c1-16-10-7-12(18-3)11(17-2)6-9(10)8-14-13-4-5-15/h6-8,13,15H,4-5H2,1-3H3. The minimum atomic E-state index is 0.0282. The van der Waals surface area contributed by atoms with E-state index < -0.39 is 0 Å². The Morgan fingerprint density at radius 2 is 1.72 bits per heavy atom. The molecule has 1 rings (SSSR count). The highest BCUT2D eigenvalue weighted by Crippen LogP contribution is 2.33. The van der Waals surface area contributed by atoms with E-state index in [9.17, 15) is 0 Å². The van der Waals surface area contributed by atoms with Gasteiger partial charge >= 0.3 is 0 Å². The second kappa shape index (κ2) is 7.39. The van der Waals surface area contributed by atoms with Crippen molar-refractivity contribution in [3.05, 3.63) is 17.7 Å². The van der Waals surface area contributed by atoms with Gasteiger partial charge in [0, 0.05) is 11.6 Å². The Morgan fingerprint density at radius 3 is 2.28 bits per heavy atom. The molecule has 0 aliphatic rings. The van der Waals surface area contributed by atoms with Gasteiger partial charge in [-0.3, -0.25) is 0 Å². The molecule has 0 amide bonds. The molecule has 0 aliphatic carbocycles. The van der Waals surface area contributed by atoms with Crippen LogP contribution in [0.4, 0.5) is 0 Å². The van der Waals surface area contributed by atoms with Gasteiger partial charge in [0.2, 0.25) is 0 Å². The van der Waals surface area contributed by atoms with Crippen molar-refractivity contribution in [3.63, 3.8) is 0 Å². The molecule has 0 fully saturated rings. The van der Waals surface area contributed by atoms with Crippen molar-refractivity contribution in [2.75, 3.05) is 34.5 Å². The van der Waals surface area contributed by atoms with Gasteiger partial charge in [0.15, 0.2) is 11.5 Å². The molecule has 0 radical (unpaired) electrons. The zero-order valence-corrected chi connectivity index (χ0v) is 10.8. The topological polar surface area (TPSA) is 72.3 Å². The summed E-state index contributed by atoms with van der Waals surface area (Å²) < 4.78 is 15.6. The maximum Gasteiger partial charge on any atom is 0.164 e. The molecule has 6 heteroatoms. The largest absolute Gasteiger partial charge is 0.496 e. The van der Waals surface area contributed by atoms with E-state index >= 15 is 0 Å². The number of benzene rings is 1. The Hall–Kier alpha value is -1.95. The maximum atomic E-state index is 8.62. The summed E-state index contributed by atoms with van der Waals surface area (Å²) in [6.07, 6.45) is 1.59. The molecular formula is C12H18N2O4. The van der Waals surface area contributed by atoms with E-state index in [2.05, 4.69) is 10.5 Å². The quantitative estimate of drug-likeness (QED) is 0.424. The van der Waals surface area contributed by atoms with E-state index in [1.807, 2.05) is 0 Å². The van der Waals surface area contributed by atoms with Crippen LogP contribution < -0.4 is 19.6 Å². The number of hydrogen-bond acceptors (Lipinski definition) is 6. The minimum absolute atomic E-state index is 0.0282. The third kappa shape index (κ3) is 3.53. The molecule has 6 nitrogen and oxygen atoms in total. The number of hydrazone groups is 1. The van der Waals surface area contributed by atoms with Crippen LogP contribution in [0.3, 0.4) is 0 Å². The van der Waals surface area contributed by atoms with Crippen LogP contribution in [0.15, 0.2) is 17.2 Å². The molecule has 0 spiro atoms. The van der Waals surface area contributed by atoms with Gasteiger partial charge in [-0.1, -0.05) is 0 Å². The molecule has 0 bridgehead atoms. The summed E-state index contributed by atoms with van der Waals surface area (Å²) in [5.41, 5.74) is 3.44. The fourth-order valence-electron chi connectivity index (χ4n) is 1.38. The molecule has 18 heavy (non-hydrogen) atoms. The fourth-order valence-corrected chi connectivity index (χ4v) is 1.38. The molecule has 0 saturated carbocycles. The lowest BCUT2D eigenvalue weighted by molar-refractivity contribution is 0.294. The zero-order valence-electron chi connectivity index (χ0n) is 10.8. The van der Waals surface area contributed by atoms with Crippen molar-refractivity contribution in [1.82, 2.24) is 5.43 Å². The minimum Gasteiger partial charge on any atom is -0.496 e. The predicted octanol–water partition coefficient (Wildman–Crippen LogP) is 0.628. The highest BCUT2D eigenvalue weighted by molar-refractivity contribution is 5.85. The van der Waals surface area contributed by atoms with E-state index in [0.29, 0.717) is 23.8 Å². The van der Waals surface area contributed by atoms with E-state index in [0.717, 1.165) is 5.56 Å². The number of ether oxygens (including phenoxy) is 3. The Bertz CT molecular complexity index is 407. The maximum absolute atomic E-state index is 8.62. The first kappa shape index (κ1) is 14.1. The number of nitrogens with zero attached hydrogens (tertiary/aromatic N) is 1. The fraction of sp³-hybridized carbons (Fsp3) is 0.417. The Balaban J connectivity index is 2.98. The molecule has 100 valence electrons. The number of aliphatic hydroxyl groups excluding tert-OH is 1. The first-order chi connectivity index (χ1) is 8.76. The van der Waals surface area contributed by atoms with Crippen molar-refractivity contribution in [2.24, 2.45) is 5.10 Å². The van der Waals surface area contributed by atoms with Gasteiger partial charge < -0.3 is 24.7 Å². The number of aliphatic hydroxyl groups is 1. The lowest BCUT2D eigenvalue weighted by Gasteiger charge is -2.11. The van der Waals surface area contributed by atoms with Crippen molar-refractivity contribution in [2.45, 2.75) is 0 Å². The second-order valence-electron chi connectivity index (χ2n) is 3.34. The molecule has 1 aromatic carbocycles. The van der Waals surface area contributed by atoms with Crippen LogP contribution in [0, 0.1) is 0 Å². The van der Waals surface area contributed by atoms with E-state index in [1.54, 1.807) is 39.7 Å². The zero-order chi connectivity index (χ0) is 13.4. The monoisotopic (exact) mass is 254 g/mol. The van der Waals surface area contributed by atoms with Gasteiger partial charge in [0.05, 0.1) is 40.7 Å². The van der Waals surface area contributed by atoms with Crippen molar-refractivity contribution in [1.29, 1.82) is 0 Å². The molecular weight excluding hydrogens is 236 g/mol. The smallest absolute Gasteiger partial charge is 0.164 e. The van der Waals surface area contributed by atoms with Crippen molar-refractivity contribution < 1.29 is 19.3 Å². The van der Waals surface area contributed by atoms with Gasteiger partial charge in [-0.15, -0.1) is 0 Å². The van der Waals surface area contributed by atoms with Crippen molar-refractivity contribution in [3.8, 4) is 17.2 Å². The Labute approximate surface area is 106 Å². The number of methoxy groups -OCH3 is 3. The first-order valence-corrected chi connectivity index (χ1v) is 5.43. The summed E-state index contributed by atoms with van der Waals surface area (Å²) in [4.78, 5) is 0. The summed E-state index contributed by atoms with van der Waals surface area (Å²) in [6.45, 7) is 0.423. The number of nitrogens with one attached hydrogen (secondary N) is 1. The Morgan fingerprint density at radius 1 is 1.11 bits per heavy atom. The van der Waals surface area contributed by atoms with Crippen molar-refractivity contribution >= 4 is 6.21 Å². The van der Waals surface area contributed by atoms with Crippen LogP contribution in [0.5, 0.6) is 17.2 Å². The van der Waals surface area contributed by atoms with Crippen LogP contribution in [0.1, 0.15) is 5.56 Å². The third-order valence-electron chi connectivity index (χ3n) is 2.25. The molecule has 2 N–H and O–H groups in total. The summed E-state index contributed by atoms with van der Waals surface area (Å²) in [5, 5.41) is 12.6. The SMILES string of the molecule is COc1cc(OC)c(OC)cc1C=NNCCO. The average molecular weight is 254 g/mol. The molecule has 0 aromatic heterocycles. The van der Waals surface area contributed by atoms with E-state index in [4.69, 9.17) is 19.3 Å². The normalized spacial score (nSPS) is 10.4. The van der Waals surface area contributed by atoms with Crippen LogP contribution >= 0.6 is 0 Å². The third-order valence-corrected chi connectivity index (χ3v) is 2.25. The molecule has 0 saturated heterocycles. The highest BCUT2D eigenvalue weighted by Gasteiger charge is 2.10. The predicted molar refractivity (Wildman–Crippen MR) is 68.8 cm³/mol. The molecule has 0 aliphatic heterocycles. The second-order valence-corrected chi connectivity index (χ2v) is 3.34.